The second kappa shape index (κ2) is 4.58. The third-order valence-electron chi connectivity index (χ3n) is 4.04. The Labute approximate surface area is 99.3 Å². The zero-order valence-corrected chi connectivity index (χ0v) is 10.8. The van der Waals surface area contributed by atoms with E-state index >= 15 is 0 Å². The van der Waals surface area contributed by atoms with Crippen molar-refractivity contribution < 1.29 is 0 Å². The van der Waals surface area contributed by atoms with E-state index in [9.17, 15) is 0 Å². The molecule has 0 aliphatic heterocycles. The molecule has 1 heteroatoms. The Morgan fingerprint density at radius 1 is 1.19 bits per heavy atom. The summed E-state index contributed by atoms with van der Waals surface area (Å²) in [6.45, 7) is 5.58. The van der Waals surface area contributed by atoms with Crippen LogP contribution in [0.25, 0.3) is 0 Å². The molecule has 0 unspecified atom stereocenters. The third kappa shape index (κ3) is 2.01. The highest BCUT2D eigenvalue weighted by Crippen LogP contribution is 2.42. The Morgan fingerprint density at radius 3 is 2.50 bits per heavy atom. The van der Waals surface area contributed by atoms with E-state index in [0.29, 0.717) is 5.41 Å². The first-order valence-corrected chi connectivity index (χ1v) is 6.40. The van der Waals surface area contributed by atoms with Gasteiger partial charge in [-0.2, -0.15) is 0 Å². The molecule has 0 saturated heterocycles. The topological polar surface area (TPSA) is 12.0 Å². The smallest absolute Gasteiger partial charge is 0.00803 e. The summed E-state index contributed by atoms with van der Waals surface area (Å²) in [4.78, 5) is 0. The Kier molecular flexibility index (Phi) is 3.34. The fourth-order valence-corrected chi connectivity index (χ4v) is 3.24. The van der Waals surface area contributed by atoms with E-state index in [2.05, 4.69) is 44.4 Å². The van der Waals surface area contributed by atoms with Gasteiger partial charge in [0.1, 0.15) is 0 Å². The Bertz CT molecular complexity index is 362. The minimum Gasteiger partial charge on any atom is -0.319 e. The van der Waals surface area contributed by atoms with Crippen LogP contribution >= 0.6 is 0 Å². The van der Waals surface area contributed by atoms with Crippen molar-refractivity contribution in [2.75, 3.05) is 13.6 Å². The first-order valence-electron chi connectivity index (χ1n) is 6.40. The van der Waals surface area contributed by atoms with Crippen molar-refractivity contribution >= 4 is 0 Å². The maximum atomic E-state index is 3.40. The summed E-state index contributed by atoms with van der Waals surface area (Å²) < 4.78 is 0. The van der Waals surface area contributed by atoms with E-state index in [0.717, 1.165) is 6.54 Å². The number of rotatable bonds is 3. The van der Waals surface area contributed by atoms with Gasteiger partial charge in [0, 0.05) is 12.0 Å². The Balaban J connectivity index is 2.42. The van der Waals surface area contributed by atoms with Gasteiger partial charge in [-0.1, -0.05) is 36.6 Å². The molecule has 1 aromatic carbocycles. The molecule has 0 aromatic heterocycles. The minimum atomic E-state index is 0.408. The summed E-state index contributed by atoms with van der Waals surface area (Å²) >= 11 is 0. The van der Waals surface area contributed by atoms with Crippen molar-refractivity contribution in [1.82, 2.24) is 5.32 Å². The molecule has 1 fully saturated rings. The summed E-state index contributed by atoms with van der Waals surface area (Å²) in [6, 6.07) is 6.90. The molecule has 0 atom stereocenters. The van der Waals surface area contributed by atoms with E-state index < -0.39 is 0 Å². The maximum Gasteiger partial charge on any atom is 0.00803 e. The van der Waals surface area contributed by atoms with Crippen molar-refractivity contribution in [2.24, 2.45) is 0 Å². The molecule has 16 heavy (non-hydrogen) atoms. The van der Waals surface area contributed by atoms with Crippen LogP contribution in [0.15, 0.2) is 18.2 Å². The number of hydrogen-bond donors (Lipinski definition) is 1. The molecule has 0 spiro atoms. The molecule has 0 radical (unpaired) electrons. The first-order chi connectivity index (χ1) is 7.68. The van der Waals surface area contributed by atoms with E-state index in [4.69, 9.17) is 0 Å². The van der Waals surface area contributed by atoms with E-state index in [-0.39, 0.29) is 0 Å². The molecule has 1 aromatic rings. The molecule has 1 aliphatic carbocycles. The van der Waals surface area contributed by atoms with Crippen LogP contribution in [-0.4, -0.2) is 13.6 Å². The van der Waals surface area contributed by atoms with Gasteiger partial charge < -0.3 is 5.32 Å². The van der Waals surface area contributed by atoms with Gasteiger partial charge >= 0.3 is 0 Å². The summed E-state index contributed by atoms with van der Waals surface area (Å²) in [7, 11) is 2.07. The Morgan fingerprint density at radius 2 is 1.88 bits per heavy atom. The third-order valence-corrected chi connectivity index (χ3v) is 4.04. The number of benzene rings is 1. The van der Waals surface area contributed by atoms with E-state index in [1.807, 2.05) is 0 Å². The lowest BCUT2D eigenvalue weighted by atomic mass is 9.76. The first kappa shape index (κ1) is 11.7. The summed E-state index contributed by atoms with van der Waals surface area (Å²) in [5.41, 5.74) is 4.84. The molecule has 0 bridgehead atoms. The van der Waals surface area contributed by atoms with Crippen LogP contribution in [0.3, 0.4) is 0 Å². The lowest BCUT2D eigenvalue weighted by Gasteiger charge is -2.31. The number of likely N-dealkylation sites (N-methyl/N-ethyl adjacent to an activating group) is 1. The predicted molar refractivity (Wildman–Crippen MR) is 70.0 cm³/mol. The SMILES string of the molecule is CNCC1(c2cc(C)ccc2C)CCCC1. The molecule has 1 nitrogen and oxygen atoms in total. The van der Waals surface area contributed by atoms with Gasteiger partial charge in [-0.25, -0.2) is 0 Å². The van der Waals surface area contributed by atoms with E-state index in [1.54, 1.807) is 5.56 Å². The lowest BCUT2D eigenvalue weighted by Crippen LogP contribution is -2.34. The molecule has 0 heterocycles. The normalized spacial score (nSPS) is 18.9. The molecule has 88 valence electrons. The van der Waals surface area contributed by atoms with Gasteiger partial charge in [0.05, 0.1) is 0 Å². The molecule has 1 N–H and O–H groups in total. The van der Waals surface area contributed by atoms with Gasteiger partial charge in [-0.15, -0.1) is 0 Å². The highest BCUT2D eigenvalue weighted by molar-refractivity contribution is 5.38. The number of hydrogen-bond acceptors (Lipinski definition) is 1. The summed E-state index contributed by atoms with van der Waals surface area (Å²) in [5, 5.41) is 3.40. The predicted octanol–water partition coefficient (Wildman–Crippen LogP) is 3.33. The van der Waals surface area contributed by atoms with Crippen LogP contribution in [0.5, 0.6) is 0 Å². The monoisotopic (exact) mass is 217 g/mol. The van der Waals surface area contributed by atoms with Crippen molar-refractivity contribution in [3.8, 4) is 0 Å². The molecule has 1 saturated carbocycles. The number of aryl methyl sites for hydroxylation is 2. The minimum absolute atomic E-state index is 0.408. The average molecular weight is 217 g/mol. The van der Waals surface area contributed by atoms with Crippen molar-refractivity contribution in [3.05, 3.63) is 34.9 Å². The molecular weight excluding hydrogens is 194 g/mol. The van der Waals surface area contributed by atoms with Crippen LogP contribution in [0, 0.1) is 13.8 Å². The quantitative estimate of drug-likeness (QED) is 0.819. The largest absolute Gasteiger partial charge is 0.319 e. The molecular formula is C15H23N. The van der Waals surface area contributed by atoms with Gasteiger partial charge in [0.25, 0.3) is 0 Å². The fourth-order valence-electron chi connectivity index (χ4n) is 3.24. The average Bonchev–Trinajstić information content (AvgIpc) is 2.72. The van der Waals surface area contributed by atoms with Gasteiger partial charge in [-0.05, 0) is 44.9 Å². The zero-order valence-electron chi connectivity index (χ0n) is 10.8. The zero-order chi connectivity index (χ0) is 11.6. The van der Waals surface area contributed by atoms with E-state index in [1.165, 1.54) is 36.8 Å². The van der Waals surface area contributed by atoms with Crippen LogP contribution in [0.1, 0.15) is 42.4 Å². The highest BCUT2D eigenvalue weighted by Gasteiger charge is 2.35. The molecule has 1 aliphatic rings. The number of nitrogens with one attached hydrogen (secondary N) is 1. The van der Waals surface area contributed by atoms with Crippen LogP contribution in [-0.2, 0) is 5.41 Å². The summed E-state index contributed by atoms with van der Waals surface area (Å²) in [5.74, 6) is 0. The second-order valence-electron chi connectivity index (χ2n) is 5.34. The molecule has 0 amide bonds. The lowest BCUT2D eigenvalue weighted by molar-refractivity contribution is 0.418. The van der Waals surface area contributed by atoms with Crippen molar-refractivity contribution in [2.45, 2.75) is 44.9 Å². The maximum absolute atomic E-state index is 3.40. The Hall–Kier alpha value is -0.820. The fraction of sp³-hybridized carbons (Fsp3) is 0.600. The van der Waals surface area contributed by atoms with Crippen LogP contribution in [0.4, 0.5) is 0 Å². The van der Waals surface area contributed by atoms with Crippen LogP contribution < -0.4 is 5.32 Å². The van der Waals surface area contributed by atoms with Gasteiger partial charge in [-0.3, -0.25) is 0 Å². The van der Waals surface area contributed by atoms with Crippen LogP contribution in [0.2, 0.25) is 0 Å². The molecule has 2 rings (SSSR count). The van der Waals surface area contributed by atoms with Gasteiger partial charge in [0.15, 0.2) is 0 Å². The highest BCUT2D eigenvalue weighted by atomic mass is 14.8. The van der Waals surface area contributed by atoms with Gasteiger partial charge in [0.2, 0.25) is 0 Å². The summed E-state index contributed by atoms with van der Waals surface area (Å²) in [6.07, 6.45) is 5.46. The second-order valence-corrected chi connectivity index (χ2v) is 5.34. The van der Waals surface area contributed by atoms with Crippen molar-refractivity contribution in [1.29, 1.82) is 0 Å². The van der Waals surface area contributed by atoms with Crippen molar-refractivity contribution in [3.63, 3.8) is 0 Å². The standard InChI is InChI=1S/C15H23N/c1-12-6-7-13(2)14(10-12)15(11-16-3)8-4-5-9-15/h6-7,10,16H,4-5,8-9,11H2,1-3H3.